The Kier molecular flexibility index (Phi) is 4.87. The SMILES string of the molecule is CCn1cc(/C=C(\C#N)C(=O)Nc2ccc(Cl)cc2)c2ccccc21. The van der Waals surface area contributed by atoms with E-state index in [2.05, 4.69) is 16.8 Å². The predicted molar refractivity (Wildman–Crippen MR) is 101 cm³/mol. The molecule has 0 fully saturated rings. The van der Waals surface area contributed by atoms with Crippen molar-refractivity contribution in [3.05, 3.63) is 70.9 Å². The second-order valence-electron chi connectivity index (χ2n) is 5.52. The minimum absolute atomic E-state index is 0.0500. The van der Waals surface area contributed by atoms with Crippen LogP contribution in [0.4, 0.5) is 5.69 Å². The summed E-state index contributed by atoms with van der Waals surface area (Å²) in [6.07, 6.45) is 3.58. The maximum atomic E-state index is 12.4. The fourth-order valence-electron chi connectivity index (χ4n) is 2.69. The molecule has 3 aromatic rings. The van der Waals surface area contributed by atoms with E-state index >= 15 is 0 Å². The minimum atomic E-state index is -0.446. The summed E-state index contributed by atoms with van der Waals surface area (Å²) in [7, 11) is 0. The molecule has 1 amide bonds. The van der Waals surface area contributed by atoms with Crippen molar-refractivity contribution in [3.63, 3.8) is 0 Å². The molecule has 0 atom stereocenters. The second-order valence-corrected chi connectivity index (χ2v) is 5.95. The number of fused-ring (bicyclic) bond motifs is 1. The summed E-state index contributed by atoms with van der Waals surface area (Å²) in [5.74, 6) is -0.446. The number of benzene rings is 2. The van der Waals surface area contributed by atoms with Crippen molar-refractivity contribution in [3.8, 4) is 6.07 Å². The van der Waals surface area contributed by atoms with Gasteiger partial charge in [-0.2, -0.15) is 5.26 Å². The summed E-state index contributed by atoms with van der Waals surface area (Å²) < 4.78 is 2.09. The fourth-order valence-corrected chi connectivity index (χ4v) is 2.81. The number of para-hydroxylation sites is 1. The Balaban J connectivity index is 1.94. The predicted octanol–water partition coefficient (Wildman–Crippen LogP) is 4.86. The van der Waals surface area contributed by atoms with Gasteiger partial charge in [0.05, 0.1) is 0 Å². The summed E-state index contributed by atoms with van der Waals surface area (Å²) in [5.41, 5.74) is 2.56. The highest BCUT2D eigenvalue weighted by Gasteiger charge is 2.12. The quantitative estimate of drug-likeness (QED) is 0.540. The van der Waals surface area contributed by atoms with Crippen LogP contribution in [0.15, 0.2) is 60.3 Å². The van der Waals surface area contributed by atoms with Crippen molar-refractivity contribution in [1.29, 1.82) is 5.26 Å². The third-order valence-electron chi connectivity index (χ3n) is 3.93. The van der Waals surface area contributed by atoms with Crippen molar-refractivity contribution in [2.75, 3.05) is 5.32 Å². The molecule has 0 bridgehead atoms. The molecule has 0 radical (unpaired) electrons. The van der Waals surface area contributed by atoms with Gasteiger partial charge in [0.2, 0.25) is 0 Å². The zero-order chi connectivity index (χ0) is 17.8. The van der Waals surface area contributed by atoms with Gasteiger partial charge in [-0.15, -0.1) is 0 Å². The molecule has 0 aliphatic rings. The number of rotatable bonds is 4. The second kappa shape index (κ2) is 7.25. The lowest BCUT2D eigenvalue weighted by atomic mass is 10.1. The largest absolute Gasteiger partial charge is 0.347 e. The zero-order valence-corrected chi connectivity index (χ0v) is 14.4. The van der Waals surface area contributed by atoms with Gasteiger partial charge in [-0.25, -0.2) is 0 Å². The minimum Gasteiger partial charge on any atom is -0.347 e. The first-order chi connectivity index (χ1) is 12.1. The standard InChI is InChI=1S/C20H16ClN3O/c1-2-24-13-15(18-5-3-4-6-19(18)24)11-14(12-22)20(25)23-17-9-7-16(21)8-10-17/h3-11,13H,2H2,1H3,(H,23,25)/b14-11+. The number of aromatic nitrogens is 1. The highest BCUT2D eigenvalue weighted by molar-refractivity contribution is 6.30. The van der Waals surface area contributed by atoms with Gasteiger partial charge in [0.25, 0.3) is 5.91 Å². The maximum absolute atomic E-state index is 12.4. The van der Waals surface area contributed by atoms with Crippen LogP contribution in [0, 0.1) is 11.3 Å². The van der Waals surface area contributed by atoms with Crippen molar-refractivity contribution >= 4 is 40.2 Å². The van der Waals surface area contributed by atoms with Crippen molar-refractivity contribution in [2.24, 2.45) is 0 Å². The highest BCUT2D eigenvalue weighted by atomic mass is 35.5. The van der Waals surface area contributed by atoms with Gasteiger partial charge < -0.3 is 9.88 Å². The van der Waals surface area contributed by atoms with Crippen LogP contribution < -0.4 is 5.32 Å². The summed E-state index contributed by atoms with van der Waals surface area (Å²) in [6, 6.07) is 16.7. The summed E-state index contributed by atoms with van der Waals surface area (Å²) in [5, 5.41) is 13.7. The lowest BCUT2D eigenvalue weighted by molar-refractivity contribution is -0.112. The monoisotopic (exact) mass is 349 g/mol. The van der Waals surface area contributed by atoms with E-state index in [0.717, 1.165) is 23.0 Å². The molecule has 5 heteroatoms. The van der Waals surface area contributed by atoms with Crippen LogP contribution in [-0.2, 0) is 11.3 Å². The molecule has 0 unspecified atom stereocenters. The van der Waals surface area contributed by atoms with E-state index < -0.39 is 5.91 Å². The Bertz CT molecular complexity index is 994. The van der Waals surface area contributed by atoms with Crippen LogP contribution in [0.5, 0.6) is 0 Å². The van der Waals surface area contributed by atoms with Gasteiger partial charge in [-0.05, 0) is 43.3 Å². The first-order valence-electron chi connectivity index (χ1n) is 7.89. The summed E-state index contributed by atoms with van der Waals surface area (Å²) in [6.45, 7) is 2.87. The smallest absolute Gasteiger partial charge is 0.266 e. The average molecular weight is 350 g/mol. The Morgan fingerprint density at radius 3 is 2.64 bits per heavy atom. The van der Waals surface area contributed by atoms with Gasteiger partial charge in [0.1, 0.15) is 11.6 Å². The number of amides is 1. The number of carbonyl (C=O) groups is 1. The van der Waals surface area contributed by atoms with Gasteiger partial charge in [-0.3, -0.25) is 4.79 Å². The fraction of sp³-hybridized carbons (Fsp3) is 0.100. The molecule has 25 heavy (non-hydrogen) atoms. The molecule has 1 N–H and O–H groups in total. The van der Waals surface area contributed by atoms with Crippen LogP contribution >= 0.6 is 11.6 Å². The maximum Gasteiger partial charge on any atom is 0.266 e. The molecular formula is C20H16ClN3O. The van der Waals surface area contributed by atoms with Crippen LogP contribution in [0.2, 0.25) is 5.02 Å². The van der Waals surface area contributed by atoms with Crippen LogP contribution in [0.3, 0.4) is 0 Å². The van der Waals surface area contributed by atoms with E-state index in [9.17, 15) is 10.1 Å². The third kappa shape index (κ3) is 3.57. The zero-order valence-electron chi connectivity index (χ0n) is 13.7. The number of carbonyl (C=O) groups excluding carboxylic acids is 1. The number of nitriles is 1. The molecule has 124 valence electrons. The topological polar surface area (TPSA) is 57.8 Å². The number of anilines is 1. The van der Waals surface area contributed by atoms with Gasteiger partial charge in [-0.1, -0.05) is 29.8 Å². The molecule has 3 rings (SSSR count). The van der Waals surface area contributed by atoms with Crippen LogP contribution in [0.1, 0.15) is 12.5 Å². The van der Waals surface area contributed by atoms with E-state index in [1.165, 1.54) is 0 Å². The first kappa shape index (κ1) is 16.8. The number of aryl methyl sites for hydroxylation is 1. The van der Waals surface area contributed by atoms with Crippen LogP contribution in [-0.4, -0.2) is 10.5 Å². The van der Waals surface area contributed by atoms with Crippen LogP contribution in [0.25, 0.3) is 17.0 Å². The number of hydrogen-bond acceptors (Lipinski definition) is 2. The van der Waals surface area contributed by atoms with E-state index in [-0.39, 0.29) is 5.57 Å². The van der Waals surface area contributed by atoms with Crippen molar-refractivity contribution in [2.45, 2.75) is 13.5 Å². The number of halogens is 1. The first-order valence-corrected chi connectivity index (χ1v) is 8.26. The van der Waals surface area contributed by atoms with Gasteiger partial charge in [0, 0.05) is 39.9 Å². The molecule has 0 saturated carbocycles. The molecule has 0 spiro atoms. The molecule has 1 heterocycles. The van der Waals surface area contributed by atoms with Gasteiger partial charge >= 0.3 is 0 Å². The molecule has 0 saturated heterocycles. The Morgan fingerprint density at radius 1 is 1.24 bits per heavy atom. The lowest BCUT2D eigenvalue weighted by Crippen LogP contribution is -2.13. The molecule has 4 nitrogen and oxygen atoms in total. The number of hydrogen-bond donors (Lipinski definition) is 1. The van der Waals surface area contributed by atoms with E-state index in [1.807, 2.05) is 36.5 Å². The van der Waals surface area contributed by atoms with E-state index in [0.29, 0.717) is 10.7 Å². The molecular weight excluding hydrogens is 334 g/mol. The Hall–Kier alpha value is -3.03. The molecule has 0 aliphatic heterocycles. The average Bonchev–Trinajstić information content (AvgIpc) is 2.99. The third-order valence-corrected chi connectivity index (χ3v) is 4.18. The molecule has 0 aliphatic carbocycles. The number of nitrogens with zero attached hydrogens (tertiary/aromatic N) is 2. The van der Waals surface area contributed by atoms with E-state index in [1.54, 1.807) is 30.3 Å². The molecule has 1 aromatic heterocycles. The normalized spacial score (nSPS) is 11.3. The van der Waals surface area contributed by atoms with Gasteiger partial charge in [0.15, 0.2) is 0 Å². The van der Waals surface area contributed by atoms with Crippen molar-refractivity contribution in [1.82, 2.24) is 4.57 Å². The Labute approximate surface area is 150 Å². The lowest BCUT2D eigenvalue weighted by Gasteiger charge is -2.04. The Morgan fingerprint density at radius 2 is 1.96 bits per heavy atom. The molecule has 2 aromatic carbocycles. The summed E-state index contributed by atoms with van der Waals surface area (Å²) in [4.78, 5) is 12.4. The highest BCUT2D eigenvalue weighted by Crippen LogP contribution is 2.24. The summed E-state index contributed by atoms with van der Waals surface area (Å²) >= 11 is 5.84. The number of nitrogens with one attached hydrogen (secondary N) is 1. The van der Waals surface area contributed by atoms with Crippen molar-refractivity contribution < 1.29 is 4.79 Å². The van der Waals surface area contributed by atoms with E-state index in [4.69, 9.17) is 11.6 Å².